The van der Waals surface area contributed by atoms with Crippen LogP contribution in [0.3, 0.4) is 0 Å². The first kappa shape index (κ1) is 15.7. The van der Waals surface area contributed by atoms with Crippen molar-refractivity contribution in [1.29, 1.82) is 0 Å². The Bertz CT molecular complexity index is 434. The second kappa shape index (κ2) is 6.74. The SMILES string of the molecule is CCC(CNC(=O)NCC1CCCS1(=O)=O)C(=O)O. The highest BCUT2D eigenvalue weighted by atomic mass is 32.2. The average Bonchev–Trinajstić information content (AvgIpc) is 2.66. The number of urea groups is 1. The van der Waals surface area contributed by atoms with Gasteiger partial charge in [-0.15, -0.1) is 0 Å². The fourth-order valence-corrected chi connectivity index (χ4v) is 3.74. The molecule has 0 bridgehead atoms. The molecule has 1 aliphatic heterocycles. The number of carboxylic acid groups (broad SMARTS) is 1. The average molecular weight is 292 g/mol. The molecular formula is C11H20N2O5S. The van der Waals surface area contributed by atoms with Crippen molar-refractivity contribution < 1.29 is 23.1 Å². The highest BCUT2D eigenvalue weighted by Gasteiger charge is 2.31. The molecule has 7 nitrogen and oxygen atoms in total. The molecule has 0 radical (unpaired) electrons. The third-order valence-electron chi connectivity index (χ3n) is 3.30. The fourth-order valence-electron chi connectivity index (χ4n) is 1.98. The Morgan fingerprint density at radius 3 is 2.53 bits per heavy atom. The van der Waals surface area contributed by atoms with E-state index in [0.29, 0.717) is 19.3 Å². The van der Waals surface area contributed by atoms with Gasteiger partial charge in [0.2, 0.25) is 0 Å². The lowest BCUT2D eigenvalue weighted by atomic mass is 10.1. The molecule has 2 amide bonds. The van der Waals surface area contributed by atoms with Gasteiger partial charge in [0.1, 0.15) is 0 Å². The zero-order chi connectivity index (χ0) is 14.5. The van der Waals surface area contributed by atoms with Crippen molar-refractivity contribution in [2.24, 2.45) is 5.92 Å². The Morgan fingerprint density at radius 1 is 1.37 bits per heavy atom. The minimum absolute atomic E-state index is 0.0368. The molecule has 1 rings (SSSR count). The smallest absolute Gasteiger partial charge is 0.314 e. The third-order valence-corrected chi connectivity index (χ3v) is 5.58. The van der Waals surface area contributed by atoms with Crippen molar-refractivity contribution >= 4 is 21.8 Å². The van der Waals surface area contributed by atoms with Crippen molar-refractivity contribution in [1.82, 2.24) is 10.6 Å². The molecule has 3 N–H and O–H groups in total. The lowest BCUT2D eigenvalue weighted by Gasteiger charge is -2.14. The van der Waals surface area contributed by atoms with Crippen LogP contribution in [0.4, 0.5) is 4.79 Å². The van der Waals surface area contributed by atoms with E-state index in [1.807, 2.05) is 0 Å². The summed E-state index contributed by atoms with van der Waals surface area (Å²) in [5, 5.41) is 13.2. The molecule has 8 heteroatoms. The van der Waals surface area contributed by atoms with E-state index < -0.39 is 33.0 Å². The number of carbonyl (C=O) groups is 2. The van der Waals surface area contributed by atoms with Crippen LogP contribution >= 0.6 is 0 Å². The molecule has 0 spiro atoms. The van der Waals surface area contributed by atoms with E-state index in [1.165, 1.54) is 0 Å². The molecule has 1 heterocycles. The molecule has 1 fully saturated rings. The number of amides is 2. The van der Waals surface area contributed by atoms with Gasteiger partial charge in [-0.1, -0.05) is 6.92 Å². The van der Waals surface area contributed by atoms with Crippen LogP contribution in [0.25, 0.3) is 0 Å². The Morgan fingerprint density at radius 2 is 2.05 bits per heavy atom. The zero-order valence-electron chi connectivity index (χ0n) is 10.9. The molecule has 0 aromatic heterocycles. The van der Waals surface area contributed by atoms with Crippen LogP contribution in [0.15, 0.2) is 0 Å². The second-order valence-electron chi connectivity index (χ2n) is 4.67. The van der Waals surface area contributed by atoms with Crippen LogP contribution in [0.2, 0.25) is 0 Å². The maximum Gasteiger partial charge on any atom is 0.314 e. The van der Waals surface area contributed by atoms with Crippen molar-refractivity contribution in [2.45, 2.75) is 31.4 Å². The predicted molar refractivity (Wildman–Crippen MR) is 69.6 cm³/mol. The zero-order valence-corrected chi connectivity index (χ0v) is 11.7. The number of aliphatic carboxylic acids is 1. The van der Waals surface area contributed by atoms with E-state index >= 15 is 0 Å². The largest absolute Gasteiger partial charge is 0.481 e. The number of carboxylic acids is 1. The molecule has 0 aromatic carbocycles. The first-order valence-electron chi connectivity index (χ1n) is 6.33. The quantitative estimate of drug-likeness (QED) is 0.636. The summed E-state index contributed by atoms with van der Waals surface area (Å²) in [6.45, 7) is 1.84. The maximum atomic E-state index is 11.5. The summed E-state index contributed by atoms with van der Waals surface area (Å²) in [5.41, 5.74) is 0. The first-order chi connectivity index (χ1) is 8.86. The second-order valence-corrected chi connectivity index (χ2v) is 7.07. The van der Waals surface area contributed by atoms with Crippen LogP contribution in [0, 0.1) is 5.92 Å². The summed E-state index contributed by atoms with van der Waals surface area (Å²) in [7, 11) is -3.07. The lowest BCUT2D eigenvalue weighted by Crippen LogP contribution is -2.43. The molecule has 2 atom stereocenters. The number of hydrogen-bond donors (Lipinski definition) is 3. The minimum atomic E-state index is -3.07. The standard InChI is InChI=1S/C11H20N2O5S/c1-2-8(10(14)15)6-12-11(16)13-7-9-4-3-5-19(9,17)18/h8-9H,2-7H2,1H3,(H,14,15)(H2,12,13,16). The Labute approximate surface area is 112 Å². The lowest BCUT2D eigenvalue weighted by molar-refractivity contribution is -0.141. The van der Waals surface area contributed by atoms with Crippen molar-refractivity contribution in [3.05, 3.63) is 0 Å². The van der Waals surface area contributed by atoms with Crippen LogP contribution in [0.5, 0.6) is 0 Å². The molecule has 110 valence electrons. The number of rotatable bonds is 6. The van der Waals surface area contributed by atoms with Gasteiger partial charge in [0, 0.05) is 13.1 Å². The summed E-state index contributed by atoms with van der Waals surface area (Å²) in [6.07, 6.45) is 1.62. The first-order valence-corrected chi connectivity index (χ1v) is 8.04. The highest BCUT2D eigenvalue weighted by Crippen LogP contribution is 2.18. The summed E-state index contributed by atoms with van der Waals surface area (Å²) in [5.74, 6) is -1.40. The normalized spacial score (nSPS) is 22.7. The summed E-state index contributed by atoms with van der Waals surface area (Å²) >= 11 is 0. The van der Waals surface area contributed by atoms with Gasteiger partial charge in [-0.05, 0) is 19.3 Å². The Kier molecular flexibility index (Phi) is 5.59. The highest BCUT2D eigenvalue weighted by molar-refractivity contribution is 7.92. The van der Waals surface area contributed by atoms with Crippen molar-refractivity contribution in [3.8, 4) is 0 Å². The summed E-state index contributed by atoms with van der Waals surface area (Å²) < 4.78 is 23.1. The van der Waals surface area contributed by atoms with Crippen LogP contribution in [0.1, 0.15) is 26.2 Å². The van der Waals surface area contributed by atoms with E-state index in [4.69, 9.17) is 5.11 Å². The Balaban J connectivity index is 2.30. The van der Waals surface area contributed by atoms with Crippen molar-refractivity contribution in [2.75, 3.05) is 18.8 Å². The molecule has 19 heavy (non-hydrogen) atoms. The number of hydrogen-bond acceptors (Lipinski definition) is 4. The predicted octanol–water partition coefficient (Wildman–Crippen LogP) is -0.0264. The topological polar surface area (TPSA) is 113 Å². The van der Waals surface area contributed by atoms with Crippen LogP contribution in [-0.2, 0) is 14.6 Å². The summed E-state index contributed by atoms with van der Waals surface area (Å²) in [4.78, 5) is 22.2. The molecule has 1 saturated heterocycles. The van der Waals surface area contributed by atoms with Crippen LogP contribution in [-0.4, -0.2) is 49.6 Å². The summed E-state index contributed by atoms with van der Waals surface area (Å²) in [6, 6.07) is -0.526. The van der Waals surface area contributed by atoms with Gasteiger partial charge in [-0.3, -0.25) is 4.79 Å². The van der Waals surface area contributed by atoms with Gasteiger partial charge in [0.05, 0.1) is 16.9 Å². The molecule has 0 aliphatic carbocycles. The van der Waals surface area contributed by atoms with E-state index in [1.54, 1.807) is 6.92 Å². The molecule has 2 unspecified atom stereocenters. The Hall–Kier alpha value is -1.31. The maximum absolute atomic E-state index is 11.5. The van der Waals surface area contributed by atoms with Gasteiger partial charge in [0.25, 0.3) is 0 Å². The van der Waals surface area contributed by atoms with Gasteiger partial charge >= 0.3 is 12.0 Å². The molecule has 0 aromatic rings. The van der Waals surface area contributed by atoms with Crippen LogP contribution < -0.4 is 10.6 Å². The van der Waals surface area contributed by atoms with Gasteiger partial charge in [0.15, 0.2) is 9.84 Å². The van der Waals surface area contributed by atoms with E-state index in [9.17, 15) is 18.0 Å². The third kappa shape index (κ3) is 4.70. The molecular weight excluding hydrogens is 272 g/mol. The van der Waals surface area contributed by atoms with E-state index in [0.717, 1.165) is 0 Å². The van der Waals surface area contributed by atoms with Gasteiger partial charge in [-0.25, -0.2) is 13.2 Å². The van der Waals surface area contributed by atoms with E-state index in [2.05, 4.69) is 10.6 Å². The number of carbonyl (C=O) groups excluding carboxylic acids is 1. The number of sulfone groups is 1. The van der Waals surface area contributed by atoms with E-state index in [-0.39, 0.29) is 18.8 Å². The number of nitrogens with one attached hydrogen (secondary N) is 2. The molecule has 0 saturated carbocycles. The molecule has 1 aliphatic rings. The van der Waals surface area contributed by atoms with Gasteiger partial charge < -0.3 is 15.7 Å². The minimum Gasteiger partial charge on any atom is -0.481 e. The fraction of sp³-hybridized carbons (Fsp3) is 0.818. The monoisotopic (exact) mass is 292 g/mol. The van der Waals surface area contributed by atoms with Crippen molar-refractivity contribution in [3.63, 3.8) is 0 Å². The van der Waals surface area contributed by atoms with Gasteiger partial charge in [-0.2, -0.15) is 0 Å².